The van der Waals surface area contributed by atoms with Gasteiger partial charge in [0.2, 0.25) is 5.91 Å². The Balaban J connectivity index is 1.58. The highest BCUT2D eigenvalue weighted by molar-refractivity contribution is 5.83. The van der Waals surface area contributed by atoms with Crippen LogP contribution in [0.3, 0.4) is 0 Å². The summed E-state index contributed by atoms with van der Waals surface area (Å²) in [5.41, 5.74) is 2.68. The predicted octanol–water partition coefficient (Wildman–Crippen LogP) is 5.12. The Bertz CT molecular complexity index is 1290. The van der Waals surface area contributed by atoms with Crippen LogP contribution >= 0.6 is 0 Å². The van der Waals surface area contributed by atoms with Gasteiger partial charge in [-0.05, 0) is 49.1 Å². The second-order valence-corrected chi connectivity index (χ2v) is 8.26. The van der Waals surface area contributed by atoms with Crippen molar-refractivity contribution >= 4 is 16.9 Å². The van der Waals surface area contributed by atoms with Crippen molar-refractivity contribution in [2.24, 2.45) is 0 Å². The van der Waals surface area contributed by atoms with Crippen LogP contribution in [0, 0.1) is 6.92 Å². The number of hydrogen-bond donors (Lipinski definition) is 1. The molecule has 168 valence electrons. The van der Waals surface area contributed by atoms with E-state index in [-0.39, 0.29) is 12.3 Å². The summed E-state index contributed by atoms with van der Waals surface area (Å²) in [7, 11) is 1.57. The Kier molecular flexibility index (Phi) is 6.31. The van der Waals surface area contributed by atoms with E-state index in [1.54, 1.807) is 13.2 Å². The number of hydrogen-bond acceptors (Lipinski definition) is 4. The monoisotopic (exact) mass is 441 g/mol. The first-order valence-electron chi connectivity index (χ1n) is 10.9. The van der Waals surface area contributed by atoms with Gasteiger partial charge in [-0.2, -0.15) is 0 Å². The van der Waals surface area contributed by atoms with Gasteiger partial charge in [0.1, 0.15) is 11.3 Å². The van der Waals surface area contributed by atoms with Crippen LogP contribution in [-0.2, 0) is 16.8 Å². The van der Waals surface area contributed by atoms with Crippen LogP contribution in [0.4, 0.5) is 0 Å². The minimum atomic E-state index is -0.695. The molecule has 3 aromatic carbocycles. The molecule has 0 saturated carbocycles. The lowest BCUT2D eigenvalue weighted by molar-refractivity contribution is -0.122. The summed E-state index contributed by atoms with van der Waals surface area (Å²) >= 11 is 0. The molecule has 33 heavy (non-hydrogen) atoms. The highest BCUT2D eigenvalue weighted by Crippen LogP contribution is 2.29. The Morgan fingerprint density at radius 1 is 0.970 bits per heavy atom. The molecular formula is C28H27NO4. The van der Waals surface area contributed by atoms with Crippen molar-refractivity contribution in [2.45, 2.75) is 32.2 Å². The minimum Gasteiger partial charge on any atom is -0.497 e. The second kappa shape index (κ2) is 9.33. The minimum absolute atomic E-state index is 0.140. The number of nitrogens with one attached hydrogen (secondary N) is 1. The number of carbonyl (C=O) groups excluding carboxylic acids is 1. The van der Waals surface area contributed by atoms with Crippen LogP contribution < -0.4 is 15.7 Å². The molecule has 1 amide bonds. The van der Waals surface area contributed by atoms with Gasteiger partial charge in [0, 0.05) is 23.4 Å². The number of benzene rings is 3. The molecule has 4 aromatic rings. The van der Waals surface area contributed by atoms with Crippen molar-refractivity contribution in [1.29, 1.82) is 0 Å². The van der Waals surface area contributed by atoms with Gasteiger partial charge < -0.3 is 14.5 Å². The molecule has 1 aromatic heterocycles. The van der Waals surface area contributed by atoms with Crippen molar-refractivity contribution in [3.8, 4) is 5.75 Å². The topological polar surface area (TPSA) is 68.5 Å². The van der Waals surface area contributed by atoms with Crippen LogP contribution in [-0.4, -0.2) is 13.0 Å². The van der Waals surface area contributed by atoms with Gasteiger partial charge in [0.25, 0.3) is 0 Å². The van der Waals surface area contributed by atoms with Gasteiger partial charge in [-0.15, -0.1) is 0 Å². The first kappa shape index (κ1) is 22.3. The van der Waals surface area contributed by atoms with E-state index in [9.17, 15) is 9.59 Å². The third kappa shape index (κ3) is 4.53. The third-order valence-corrected chi connectivity index (χ3v) is 6.19. The van der Waals surface area contributed by atoms with E-state index in [1.807, 2.05) is 86.6 Å². The van der Waals surface area contributed by atoms with E-state index in [0.717, 1.165) is 22.1 Å². The summed E-state index contributed by atoms with van der Waals surface area (Å²) in [6.45, 7) is 3.88. The number of aryl methyl sites for hydroxylation is 1. The highest BCUT2D eigenvalue weighted by atomic mass is 16.5. The lowest BCUT2D eigenvalue weighted by Gasteiger charge is -2.32. The van der Waals surface area contributed by atoms with Crippen LogP contribution in [0.15, 0.2) is 88.1 Å². The Hall–Kier alpha value is -3.86. The molecule has 5 nitrogen and oxygen atoms in total. The molecule has 0 aliphatic heterocycles. The largest absolute Gasteiger partial charge is 0.497 e. The van der Waals surface area contributed by atoms with E-state index < -0.39 is 11.2 Å². The average molecular weight is 442 g/mol. The van der Waals surface area contributed by atoms with E-state index in [2.05, 4.69) is 5.32 Å². The molecule has 0 aliphatic carbocycles. The van der Waals surface area contributed by atoms with Crippen LogP contribution in [0.25, 0.3) is 11.0 Å². The van der Waals surface area contributed by atoms with Gasteiger partial charge in [-0.25, -0.2) is 4.79 Å². The molecule has 0 fully saturated rings. The fraction of sp³-hybridized carbons (Fsp3) is 0.214. The van der Waals surface area contributed by atoms with E-state index in [1.165, 1.54) is 0 Å². The predicted molar refractivity (Wildman–Crippen MR) is 130 cm³/mol. The lowest BCUT2D eigenvalue weighted by Crippen LogP contribution is -2.44. The maximum absolute atomic E-state index is 13.1. The number of carbonyl (C=O) groups is 1. The third-order valence-electron chi connectivity index (χ3n) is 6.19. The highest BCUT2D eigenvalue weighted by Gasteiger charge is 2.30. The standard InChI is InChI=1S/C28H27NO4/c1-19-23-15-14-22(32-3)18-25(23)33-27(31)24(19)16-17-26(30)29-28(2,20-10-6-4-7-11-20)21-12-8-5-9-13-21/h4-15,18H,16-17H2,1-3H3,(H,29,30). The molecule has 0 saturated heterocycles. The Labute approximate surface area is 193 Å². The van der Waals surface area contributed by atoms with Gasteiger partial charge in [-0.3, -0.25) is 4.79 Å². The number of rotatable bonds is 7. The zero-order chi connectivity index (χ0) is 23.4. The summed E-state index contributed by atoms with van der Waals surface area (Å²) in [6, 6.07) is 25.2. The molecule has 0 bridgehead atoms. The van der Waals surface area contributed by atoms with Crippen molar-refractivity contribution in [1.82, 2.24) is 5.32 Å². The molecule has 0 unspecified atom stereocenters. The van der Waals surface area contributed by atoms with Crippen LogP contribution in [0.1, 0.15) is 35.6 Å². The maximum Gasteiger partial charge on any atom is 0.339 e. The normalized spacial score (nSPS) is 11.4. The quantitative estimate of drug-likeness (QED) is 0.404. The van der Waals surface area contributed by atoms with Crippen LogP contribution in [0.5, 0.6) is 5.75 Å². The average Bonchev–Trinajstić information content (AvgIpc) is 2.84. The molecule has 0 aliphatic rings. The summed E-state index contributed by atoms with van der Waals surface area (Å²) in [5, 5.41) is 4.04. The molecule has 1 N–H and O–H groups in total. The first-order chi connectivity index (χ1) is 15.9. The summed E-state index contributed by atoms with van der Waals surface area (Å²) in [6.07, 6.45) is 0.462. The molecule has 0 atom stereocenters. The van der Waals surface area contributed by atoms with E-state index >= 15 is 0 Å². The summed E-state index contributed by atoms with van der Waals surface area (Å²) in [5.74, 6) is 0.483. The summed E-state index contributed by atoms with van der Waals surface area (Å²) < 4.78 is 10.7. The fourth-order valence-electron chi connectivity index (χ4n) is 4.22. The second-order valence-electron chi connectivity index (χ2n) is 8.26. The Morgan fingerprint density at radius 2 is 1.58 bits per heavy atom. The number of fused-ring (bicyclic) bond motifs is 1. The van der Waals surface area contributed by atoms with E-state index in [4.69, 9.17) is 9.15 Å². The van der Waals surface area contributed by atoms with Gasteiger partial charge in [-0.1, -0.05) is 60.7 Å². The fourth-order valence-corrected chi connectivity index (χ4v) is 4.22. The van der Waals surface area contributed by atoms with Crippen molar-refractivity contribution in [2.75, 3.05) is 7.11 Å². The smallest absolute Gasteiger partial charge is 0.339 e. The number of methoxy groups -OCH3 is 1. The molecule has 0 radical (unpaired) electrons. The molecular weight excluding hydrogens is 414 g/mol. The van der Waals surface area contributed by atoms with Gasteiger partial charge in [0.05, 0.1) is 12.6 Å². The number of ether oxygens (including phenoxy) is 1. The SMILES string of the molecule is COc1ccc2c(C)c(CCC(=O)NC(C)(c3ccccc3)c3ccccc3)c(=O)oc2c1. The van der Waals surface area contributed by atoms with Gasteiger partial charge in [0.15, 0.2) is 0 Å². The van der Waals surface area contributed by atoms with Crippen molar-refractivity contribution < 1.29 is 13.9 Å². The lowest BCUT2D eigenvalue weighted by atomic mass is 9.84. The van der Waals surface area contributed by atoms with Crippen molar-refractivity contribution in [3.05, 3.63) is 112 Å². The first-order valence-corrected chi connectivity index (χ1v) is 10.9. The van der Waals surface area contributed by atoms with Crippen LogP contribution in [0.2, 0.25) is 0 Å². The zero-order valence-electron chi connectivity index (χ0n) is 19.1. The molecule has 1 heterocycles. The maximum atomic E-state index is 13.1. The molecule has 4 rings (SSSR count). The van der Waals surface area contributed by atoms with Gasteiger partial charge >= 0.3 is 5.63 Å². The molecule has 5 heteroatoms. The van der Waals surface area contributed by atoms with Crippen molar-refractivity contribution in [3.63, 3.8) is 0 Å². The summed E-state index contributed by atoms with van der Waals surface area (Å²) in [4.78, 5) is 25.7. The van der Waals surface area contributed by atoms with E-state index in [0.29, 0.717) is 23.3 Å². The zero-order valence-corrected chi connectivity index (χ0v) is 19.1. The number of amides is 1. The Morgan fingerprint density at radius 3 is 2.15 bits per heavy atom. The molecule has 0 spiro atoms.